The molecule has 1 N–H and O–H groups in total. The molecule has 1 aromatic carbocycles. The summed E-state index contributed by atoms with van der Waals surface area (Å²) < 4.78 is 5.17. The highest BCUT2D eigenvalue weighted by Crippen LogP contribution is 2.20. The van der Waals surface area contributed by atoms with E-state index in [1.54, 1.807) is 43.6 Å². The Balaban J connectivity index is 2.08. The number of aryl methyl sites for hydroxylation is 1. The third-order valence-corrected chi connectivity index (χ3v) is 3.04. The van der Waals surface area contributed by atoms with Crippen LogP contribution in [0.4, 0.5) is 5.69 Å². The van der Waals surface area contributed by atoms with E-state index in [1.807, 2.05) is 0 Å². The van der Waals surface area contributed by atoms with Crippen molar-refractivity contribution in [3.05, 3.63) is 54.0 Å². The number of carboxylic acid groups (broad SMARTS) is 1. The summed E-state index contributed by atoms with van der Waals surface area (Å²) in [6, 6.07) is 10.0. The van der Waals surface area contributed by atoms with Gasteiger partial charge in [-0.25, -0.2) is 4.79 Å². The van der Waals surface area contributed by atoms with Gasteiger partial charge in [-0.3, -0.25) is 4.79 Å². The topological polar surface area (TPSA) is 70.8 Å². The third-order valence-electron chi connectivity index (χ3n) is 3.04. The van der Waals surface area contributed by atoms with Crippen LogP contribution in [0.1, 0.15) is 22.5 Å². The van der Waals surface area contributed by atoms with Crippen LogP contribution in [-0.2, 0) is 11.2 Å². The van der Waals surface area contributed by atoms with Crippen molar-refractivity contribution in [1.29, 1.82) is 0 Å². The fourth-order valence-electron chi connectivity index (χ4n) is 1.93. The molecular formula is C15H15NO4. The second-order valence-corrected chi connectivity index (χ2v) is 4.35. The molecule has 0 aliphatic carbocycles. The molecule has 0 saturated heterocycles. The third kappa shape index (κ3) is 3.06. The first-order valence-electron chi connectivity index (χ1n) is 6.21. The molecule has 2 rings (SSSR count). The highest BCUT2D eigenvalue weighted by Gasteiger charge is 2.17. The average Bonchev–Trinajstić information content (AvgIpc) is 2.97. The standard InChI is InChI=1S/C15H15NO4/c1-16(13-7-3-2-6-12(13)15(18)19)14(17)9-8-11-5-4-10-20-11/h2-7,10H,8-9H2,1H3,(H,18,19). The van der Waals surface area contributed by atoms with Gasteiger partial charge in [-0.05, 0) is 24.3 Å². The molecule has 20 heavy (non-hydrogen) atoms. The Bertz CT molecular complexity index is 604. The van der Waals surface area contributed by atoms with Crippen molar-refractivity contribution < 1.29 is 19.1 Å². The van der Waals surface area contributed by atoms with Gasteiger partial charge in [0.25, 0.3) is 0 Å². The van der Waals surface area contributed by atoms with Crippen molar-refractivity contribution in [2.45, 2.75) is 12.8 Å². The van der Waals surface area contributed by atoms with Crippen LogP contribution in [-0.4, -0.2) is 24.0 Å². The van der Waals surface area contributed by atoms with Gasteiger partial charge in [0.15, 0.2) is 0 Å². The first-order chi connectivity index (χ1) is 9.59. The van der Waals surface area contributed by atoms with E-state index in [0.717, 1.165) is 5.76 Å². The molecule has 0 aliphatic rings. The summed E-state index contributed by atoms with van der Waals surface area (Å²) in [5.74, 6) is -0.473. The minimum absolute atomic E-state index is 0.112. The summed E-state index contributed by atoms with van der Waals surface area (Å²) in [4.78, 5) is 24.6. The Kier molecular flexibility index (Phi) is 4.20. The van der Waals surface area contributed by atoms with Gasteiger partial charge in [-0.1, -0.05) is 12.1 Å². The Morgan fingerprint density at radius 2 is 1.95 bits per heavy atom. The van der Waals surface area contributed by atoms with Crippen molar-refractivity contribution in [1.82, 2.24) is 0 Å². The van der Waals surface area contributed by atoms with Crippen molar-refractivity contribution in [3.8, 4) is 0 Å². The summed E-state index contributed by atoms with van der Waals surface area (Å²) in [5, 5.41) is 9.12. The lowest BCUT2D eigenvalue weighted by atomic mass is 10.1. The predicted molar refractivity (Wildman–Crippen MR) is 73.8 cm³/mol. The molecule has 5 heteroatoms. The molecule has 0 unspecified atom stereocenters. The number of benzene rings is 1. The monoisotopic (exact) mass is 273 g/mol. The fourth-order valence-corrected chi connectivity index (χ4v) is 1.93. The van der Waals surface area contributed by atoms with E-state index in [1.165, 1.54) is 11.0 Å². The molecule has 0 spiro atoms. The molecule has 0 atom stereocenters. The van der Waals surface area contributed by atoms with Gasteiger partial charge < -0.3 is 14.4 Å². The van der Waals surface area contributed by atoms with E-state index in [0.29, 0.717) is 12.1 Å². The summed E-state index contributed by atoms with van der Waals surface area (Å²) in [6.07, 6.45) is 2.31. The minimum Gasteiger partial charge on any atom is -0.478 e. The van der Waals surface area contributed by atoms with Gasteiger partial charge in [0.2, 0.25) is 5.91 Å². The Labute approximate surface area is 116 Å². The Morgan fingerprint density at radius 1 is 1.20 bits per heavy atom. The lowest BCUT2D eigenvalue weighted by Gasteiger charge is -2.19. The zero-order chi connectivity index (χ0) is 14.5. The lowest BCUT2D eigenvalue weighted by molar-refractivity contribution is -0.118. The zero-order valence-corrected chi connectivity index (χ0v) is 11.1. The summed E-state index contributed by atoms with van der Waals surface area (Å²) in [5.41, 5.74) is 0.505. The van der Waals surface area contributed by atoms with Gasteiger partial charge in [0, 0.05) is 19.9 Å². The molecule has 5 nitrogen and oxygen atoms in total. The molecule has 0 radical (unpaired) electrons. The first-order valence-corrected chi connectivity index (χ1v) is 6.21. The lowest BCUT2D eigenvalue weighted by Crippen LogP contribution is -2.28. The van der Waals surface area contributed by atoms with E-state index in [2.05, 4.69) is 0 Å². The number of carbonyl (C=O) groups excluding carboxylic acids is 1. The van der Waals surface area contributed by atoms with Crippen LogP contribution in [0.5, 0.6) is 0 Å². The molecular weight excluding hydrogens is 258 g/mol. The van der Waals surface area contributed by atoms with Gasteiger partial charge in [0.1, 0.15) is 5.76 Å². The van der Waals surface area contributed by atoms with Gasteiger partial charge >= 0.3 is 5.97 Å². The number of carboxylic acids is 1. The van der Waals surface area contributed by atoms with Crippen LogP contribution < -0.4 is 4.90 Å². The number of hydrogen-bond acceptors (Lipinski definition) is 3. The maximum Gasteiger partial charge on any atom is 0.337 e. The van der Waals surface area contributed by atoms with Crippen molar-refractivity contribution in [2.75, 3.05) is 11.9 Å². The van der Waals surface area contributed by atoms with Crippen molar-refractivity contribution in [3.63, 3.8) is 0 Å². The molecule has 0 aliphatic heterocycles. The number of hydrogen-bond donors (Lipinski definition) is 1. The number of para-hydroxylation sites is 1. The summed E-state index contributed by atoms with van der Waals surface area (Å²) >= 11 is 0. The number of amides is 1. The molecule has 0 bridgehead atoms. The number of carbonyl (C=O) groups is 2. The van der Waals surface area contributed by atoms with Crippen LogP contribution in [0.2, 0.25) is 0 Å². The van der Waals surface area contributed by atoms with E-state index in [-0.39, 0.29) is 17.9 Å². The molecule has 1 aromatic heterocycles. The minimum atomic E-state index is -1.05. The highest BCUT2D eigenvalue weighted by molar-refractivity contribution is 6.01. The Morgan fingerprint density at radius 3 is 2.60 bits per heavy atom. The largest absolute Gasteiger partial charge is 0.478 e. The quantitative estimate of drug-likeness (QED) is 0.908. The number of nitrogens with zero attached hydrogens (tertiary/aromatic N) is 1. The molecule has 1 amide bonds. The molecule has 0 saturated carbocycles. The SMILES string of the molecule is CN(C(=O)CCc1ccco1)c1ccccc1C(=O)O. The fraction of sp³-hybridized carbons (Fsp3) is 0.200. The van der Waals surface area contributed by atoms with Crippen LogP contribution >= 0.6 is 0 Å². The highest BCUT2D eigenvalue weighted by atomic mass is 16.4. The van der Waals surface area contributed by atoms with E-state index < -0.39 is 5.97 Å². The van der Waals surface area contributed by atoms with E-state index >= 15 is 0 Å². The molecule has 2 aromatic rings. The molecule has 104 valence electrons. The second kappa shape index (κ2) is 6.06. The number of furan rings is 1. The van der Waals surface area contributed by atoms with Gasteiger partial charge in [0.05, 0.1) is 17.5 Å². The normalized spacial score (nSPS) is 10.2. The number of rotatable bonds is 5. The Hall–Kier alpha value is -2.56. The predicted octanol–water partition coefficient (Wildman–Crippen LogP) is 2.57. The van der Waals surface area contributed by atoms with E-state index in [4.69, 9.17) is 9.52 Å². The van der Waals surface area contributed by atoms with Gasteiger partial charge in [-0.2, -0.15) is 0 Å². The number of aromatic carboxylic acids is 1. The van der Waals surface area contributed by atoms with Gasteiger partial charge in [-0.15, -0.1) is 0 Å². The second-order valence-electron chi connectivity index (χ2n) is 4.35. The average molecular weight is 273 g/mol. The summed E-state index contributed by atoms with van der Waals surface area (Å²) in [7, 11) is 1.58. The van der Waals surface area contributed by atoms with Crippen molar-refractivity contribution >= 4 is 17.6 Å². The van der Waals surface area contributed by atoms with E-state index in [9.17, 15) is 9.59 Å². The van der Waals surface area contributed by atoms with Crippen LogP contribution in [0.3, 0.4) is 0 Å². The van der Waals surface area contributed by atoms with Crippen LogP contribution in [0.25, 0.3) is 0 Å². The maximum atomic E-state index is 12.1. The first kappa shape index (κ1) is 13.9. The van der Waals surface area contributed by atoms with Crippen LogP contribution in [0, 0.1) is 0 Å². The smallest absolute Gasteiger partial charge is 0.337 e. The van der Waals surface area contributed by atoms with Crippen LogP contribution in [0.15, 0.2) is 47.1 Å². The zero-order valence-electron chi connectivity index (χ0n) is 11.1. The maximum absolute atomic E-state index is 12.1. The molecule has 0 fully saturated rings. The summed E-state index contributed by atoms with van der Waals surface area (Å²) in [6.45, 7) is 0. The van der Waals surface area contributed by atoms with Crippen molar-refractivity contribution in [2.24, 2.45) is 0 Å². The molecule has 1 heterocycles. The number of anilines is 1.